The lowest BCUT2D eigenvalue weighted by Crippen LogP contribution is -2.45. The Hall–Kier alpha value is -2.81. The highest BCUT2D eigenvalue weighted by atomic mass is 16.4. The first-order chi connectivity index (χ1) is 9.93. The number of carboxylic acid groups (broad SMARTS) is 1. The van der Waals surface area contributed by atoms with E-state index in [2.05, 4.69) is 16.6 Å². The number of aliphatic carboxylic acids is 1. The molecule has 6 nitrogen and oxygen atoms in total. The molecule has 0 heterocycles. The van der Waals surface area contributed by atoms with Crippen LogP contribution in [0.4, 0.5) is 0 Å². The molecule has 0 aromatic heterocycles. The van der Waals surface area contributed by atoms with Crippen LogP contribution in [-0.4, -0.2) is 35.5 Å². The first kappa shape index (κ1) is 16.2. The predicted octanol–water partition coefficient (Wildman–Crippen LogP) is 0.318. The molecule has 21 heavy (non-hydrogen) atoms. The Morgan fingerprint density at radius 1 is 1.38 bits per heavy atom. The molecule has 1 aromatic carbocycles. The van der Waals surface area contributed by atoms with Gasteiger partial charge < -0.3 is 15.7 Å². The van der Waals surface area contributed by atoms with Crippen molar-refractivity contribution < 1.29 is 19.5 Å². The van der Waals surface area contributed by atoms with Crippen molar-refractivity contribution in [1.82, 2.24) is 10.6 Å². The van der Waals surface area contributed by atoms with E-state index in [4.69, 9.17) is 11.5 Å². The molecule has 0 aliphatic carbocycles. The normalized spacial score (nSPS) is 11.0. The molecule has 0 fully saturated rings. The van der Waals surface area contributed by atoms with Gasteiger partial charge in [-0.25, -0.2) is 4.79 Å². The van der Waals surface area contributed by atoms with E-state index in [0.717, 1.165) is 5.56 Å². The second kappa shape index (κ2) is 7.70. The lowest BCUT2D eigenvalue weighted by atomic mass is 10.1. The van der Waals surface area contributed by atoms with Crippen LogP contribution in [0, 0.1) is 19.3 Å². The molecule has 0 aliphatic heterocycles. The summed E-state index contributed by atoms with van der Waals surface area (Å²) in [5.74, 6) is -0.0651. The van der Waals surface area contributed by atoms with Crippen molar-refractivity contribution in [3.63, 3.8) is 0 Å². The molecule has 6 heteroatoms. The Morgan fingerprint density at radius 3 is 2.67 bits per heavy atom. The number of rotatable bonds is 6. The summed E-state index contributed by atoms with van der Waals surface area (Å²) < 4.78 is 0. The van der Waals surface area contributed by atoms with Crippen LogP contribution in [0.15, 0.2) is 24.3 Å². The van der Waals surface area contributed by atoms with E-state index in [1.807, 2.05) is 13.0 Å². The number of nitrogens with one attached hydrogen (secondary N) is 2. The number of carbonyl (C=O) groups is 3. The molecule has 1 aromatic rings. The Labute approximate surface area is 122 Å². The molecule has 0 spiro atoms. The van der Waals surface area contributed by atoms with Crippen LogP contribution in [0.25, 0.3) is 0 Å². The zero-order valence-electron chi connectivity index (χ0n) is 11.6. The van der Waals surface area contributed by atoms with Crippen molar-refractivity contribution in [2.75, 3.05) is 6.54 Å². The van der Waals surface area contributed by atoms with E-state index >= 15 is 0 Å². The van der Waals surface area contributed by atoms with Gasteiger partial charge in [0.05, 0.1) is 6.54 Å². The molecule has 1 unspecified atom stereocenters. The van der Waals surface area contributed by atoms with Crippen LogP contribution in [-0.2, 0) is 9.59 Å². The average Bonchev–Trinajstić information content (AvgIpc) is 2.44. The standard InChI is InChI=1S/C15H16N2O4/c1-3-5-12(15(20)21)17-13(18)9-16-14(19)11-7-4-6-10(2)8-11/h1,4,6-8,12H,5,9H2,2H3,(H,16,19)(H,17,18)(H,20,21). The molecule has 0 bridgehead atoms. The maximum Gasteiger partial charge on any atom is 0.327 e. The topological polar surface area (TPSA) is 95.5 Å². The minimum Gasteiger partial charge on any atom is -0.480 e. The summed E-state index contributed by atoms with van der Waals surface area (Å²) >= 11 is 0. The number of terminal acetylenes is 1. The van der Waals surface area contributed by atoms with Crippen LogP contribution >= 0.6 is 0 Å². The lowest BCUT2D eigenvalue weighted by Gasteiger charge is -2.12. The van der Waals surface area contributed by atoms with Crippen molar-refractivity contribution in [2.24, 2.45) is 0 Å². The highest BCUT2D eigenvalue weighted by molar-refractivity contribution is 5.97. The van der Waals surface area contributed by atoms with Gasteiger partial charge in [0.2, 0.25) is 5.91 Å². The molecule has 0 saturated carbocycles. The van der Waals surface area contributed by atoms with Gasteiger partial charge in [-0.15, -0.1) is 12.3 Å². The minimum absolute atomic E-state index is 0.118. The highest BCUT2D eigenvalue weighted by Gasteiger charge is 2.18. The molecule has 0 aliphatic rings. The number of carbonyl (C=O) groups excluding carboxylic acids is 2. The highest BCUT2D eigenvalue weighted by Crippen LogP contribution is 2.03. The maximum atomic E-state index is 11.8. The van der Waals surface area contributed by atoms with Crippen molar-refractivity contribution in [3.05, 3.63) is 35.4 Å². The molecule has 0 saturated heterocycles. The maximum absolute atomic E-state index is 11.8. The summed E-state index contributed by atoms with van der Waals surface area (Å²) in [6.07, 6.45) is 4.90. The molecule has 1 atom stereocenters. The van der Waals surface area contributed by atoms with Crippen LogP contribution in [0.5, 0.6) is 0 Å². The number of carboxylic acids is 1. The third-order valence-electron chi connectivity index (χ3n) is 2.65. The van der Waals surface area contributed by atoms with Crippen molar-refractivity contribution in [1.29, 1.82) is 0 Å². The fourth-order valence-electron chi connectivity index (χ4n) is 1.61. The molecule has 2 amide bonds. The van der Waals surface area contributed by atoms with Gasteiger partial charge in [0, 0.05) is 12.0 Å². The number of amides is 2. The smallest absolute Gasteiger partial charge is 0.327 e. The first-order valence-corrected chi connectivity index (χ1v) is 6.24. The minimum atomic E-state index is -1.22. The fourth-order valence-corrected chi connectivity index (χ4v) is 1.61. The summed E-state index contributed by atoms with van der Waals surface area (Å²) in [6.45, 7) is 1.53. The summed E-state index contributed by atoms with van der Waals surface area (Å²) in [5, 5.41) is 13.5. The fraction of sp³-hybridized carbons (Fsp3) is 0.267. The van der Waals surface area contributed by atoms with E-state index in [1.165, 1.54) is 0 Å². The third-order valence-corrected chi connectivity index (χ3v) is 2.65. The Kier molecular flexibility index (Phi) is 5.96. The van der Waals surface area contributed by atoms with E-state index in [1.54, 1.807) is 18.2 Å². The second-order valence-electron chi connectivity index (χ2n) is 4.42. The predicted molar refractivity (Wildman–Crippen MR) is 76.5 cm³/mol. The SMILES string of the molecule is C#CCC(NC(=O)CNC(=O)c1cccc(C)c1)C(=O)O. The number of hydrogen-bond acceptors (Lipinski definition) is 3. The van der Waals surface area contributed by atoms with E-state index in [-0.39, 0.29) is 13.0 Å². The second-order valence-corrected chi connectivity index (χ2v) is 4.42. The molecule has 110 valence electrons. The number of aryl methyl sites for hydroxylation is 1. The van der Waals surface area contributed by atoms with Crippen LogP contribution < -0.4 is 10.6 Å². The van der Waals surface area contributed by atoms with E-state index < -0.39 is 23.8 Å². The third kappa shape index (κ3) is 5.37. The van der Waals surface area contributed by atoms with Gasteiger partial charge in [-0.2, -0.15) is 0 Å². The van der Waals surface area contributed by atoms with Gasteiger partial charge in [-0.05, 0) is 19.1 Å². The Balaban J connectivity index is 2.51. The zero-order valence-corrected chi connectivity index (χ0v) is 11.6. The number of benzene rings is 1. The van der Waals surface area contributed by atoms with Gasteiger partial charge in [0.25, 0.3) is 5.91 Å². The molecule has 3 N–H and O–H groups in total. The summed E-state index contributed by atoms with van der Waals surface area (Å²) in [4.78, 5) is 34.2. The quantitative estimate of drug-likeness (QED) is 0.657. The summed E-state index contributed by atoms with van der Waals surface area (Å²) in [7, 11) is 0. The largest absolute Gasteiger partial charge is 0.480 e. The zero-order chi connectivity index (χ0) is 15.8. The van der Waals surface area contributed by atoms with Crippen LogP contribution in [0.2, 0.25) is 0 Å². The van der Waals surface area contributed by atoms with Crippen LogP contribution in [0.3, 0.4) is 0 Å². The Bertz CT molecular complexity index is 590. The van der Waals surface area contributed by atoms with Crippen molar-refractivity contribution in [3.8, 4) is 12.3 Å². The molecular formula is C15H16N2O4. The van der Waals surface area contributed by atoms with Crippen molar-refractivity contribution in [2.45, 2.75) is 19.4 Å². The van der Waals surface area contributed by atoms with Crippen LogP contribution in [0.1, 0.15) is 22.3 Å². The summed E-state index contributed by atoms with van der Waals surface area (Å²) in [6, 6.07) is 5.74. The van der Waals surface area contributed by atoms with Gasteiger partial charge in [0.1, 0.15) is 6.04 Å². The van der Waals surface area contributed by atoms with Gasteiger partial charge in [-0.3, -0.25) is 9.59 Å². The van der Waals surface area contributed by atoms with E-state index in [0.29, 0.717) is 5.56 Å². The van der Waals surface area contributed by atoms with Crippen molar-refractivity contribution >= 4 is 17.8 Å². The molecular weight excluding hydrogens is 272 g/mol. The van der Waals surface area contributed by atoms with E-state index in [9.17, 15) is 14.4 Å². The average molecular weight is 288 g/mol. The molecule has 0 radical (unpaired) electrons. The van der Waals surface area contributed by atoms with Gasteiger partial charge in [-0.1, -0.05) is 17.7 Å². The molecule has 1 rings (SSSR count). The lowest BCUT2D eigenvalue weighted by molar-refractivity contribution is -0.141. The first-order valence-electron chi connectivity index (χ1n) is 6.24. The van der Waals surface area contributed by atoms with Gasteiger partial charge in [0.15, 0.2) is 0 Å². The number of hydrogen-bond donors (Lipinski definition) is 3. The summed E-state index contributed by atoms with van der Waals surface area (Å²) in [5.41, 5.74) is 1.35. The Morgan fingerprint density at radius 2 is 2.10 bits per heavy atom. The van der Waals surface area contributed by atoms with Gasteiger partial charge >= 0.3 is 5.97 Å². The monoisotopic (exact) mass is 288 g/mol.